The molecule has 0 unspecified atom stereocenters. The topological polar surface area (TPSA) is 95.6 Å². The minimum absolute atomic E-state index is 0.130. The minimum Gasteiger partial charge on any atom is -0.325 e. The third kappa shape index (κ3) is 3.82. The summed E-state index contributed by atoms with van der Waals surface area (Å²) in [6.07, 6.45) is 0. The Morgan fingerprint density at radius 2 is 1.86 bits per heavy atom. The van der Waals surface area contributed by atoms with E-state index in [0.717, 1.165) is 9.37 Å². The van der Waals surface area contributed by atoms with Crippen molar-refractivity contribution in [3.05, 3.63) is 64.1 Å². The van der Waals surface area contributed by atoms with Crippen LogP contribution in [-0.4, -0.2) is 35.1 Å². The predicted molar refractivity (Wildman–Crippen MR) is 107 cm³/mol. The fraction of sp³-hybridized carbons (Fsp3) is 0.200. The number of halogens is 1. The molecule has 1 aliphatic rings. The summed E-state index contributed by atoms with van der Waals surface area (Å²) < 4.78 is 0.773. The molecule has 1 fully saturated rings. The monoisotopic (exact) mass is 443 g/mol. The molecule has 0 radical (unpaired) electrons. The Labute approximate surface area is 170 Å². The number of carbonyl (C=O) groups excluding carboxylic acids is 4. The van der Waals surface area contributed by atoms with Crippen molar-refractivity contribution in [3.63, 3.8) is 0 Å². The first-order valence-corrected chi connectivity index (χ1v) is 9.31. The molecule has 1 atom stereocenters. The van der Waals surface area contributed by atoms with Gasteiger partial charge in [-0.15, -0.1) is 0 Å². The van der Waals surface area contributed by atoms with Crippen LogP contribution in [-0.2, 0) is 15.1 Å². The zero-order chi connectivity index (χ0) is 20.5. The smallest absolute Gasteiger partial charge is 0.325 e. The van der Waals surface area contributed by atoms with Crippen LogP contribution in [0.5, 0.6) is 0 Å². The van der Waals surface area contributed by atoms with Crippen molar-refractivity contribution >= 4 is 45.2 Å². The highest BCUT2D eigenvalue weighted by molar-refractivity contribution is 9.10. The lowest BCUT2D eigenvalue weighted by Crippen LogP contribution is -2.42. The molecule has 0 aliphatic carbocycles. The lowest BCUT2D eigenvalue weighted by atomic mass is 9.92. The van der Waals surface area contributed by atoms with E-state index in [1.54, 1.807) is 43.3 Å². The zero-order valence-electron chi connectivity index (χ0n) is 15.3. The number of nitrogens with zero attached hydrogens (tertiary/aromatic N) is 1. The summed E-state index contributed by atoms with van der Waals surface area (Å²) in [6.45, 7) is 2.60. The maximum absolute atomic E-state index is 12.9. The number of urea groups is 1. The molecule has 2 N–H and O–H groups in total. The second-order valence-electron chi connectivity index (χ2n) is 6.64. The van der Waals surface area contributed by atoms with Gasteiger partial charge >= 0.3 is 6.03 Å². The third-order valence-electron chi connectivity index (χ3n) is 4.53. The lowest BCUT2D eigenvalue weighted by molar-refractivity contribution is -0.133. The van der Waals surface area contributed by atoms with E-state index in [0.29, 0.717) is 16.8 Å². The van der Waals surface area contributed by atoms with Gasteiger partial charge in [0.05, 0.1) is 0 Å². The Kier molecular flexibility index (Phi) is 5.33. The van der Waals surface area contributed by atoms with Crippen molar-refractivity contribution < 1.29 is 19.2 Å². The molecule has 8 heteroatoms. The molecular formula is C20H18BrN3O4. The van der Waals surface area contributed by atoms with Crippen molar-refractivity contribution in [2.45, 2.75) is 19.4 Å². The number of hydrogen-bond acceptors (Lipinski definition) is 4. The number of carbonyl (C=O) groups is 4. The molecule has 3 rings (SSSR count). The number of amides is 4. The second-order valence-corrected chi connectivity index (χ2v) is 7.56. The number of ketones is 1. The summed E-state index contributed by atoms with van der Waals surface area (Å²) in [5.41, 5.74) is 0.224. The average Bonchev–Trinajstić information content (AvgIpc) is 2.86. The normalized spacial score (nSPS) is 18.8. The van der Waals surface area contributed by atoms with Crippen LogP contribution in [0.3, 0.4) is 0 Å². The standard InChI is InChI=1S/C20H18BrN3O4/c1-12(25)13-5-3-8-16(9-13)22-17(26)11-24-18(27)20(2,23-19(24)28)14-6-4-7-15(21)10-14/h3-10H,11H2,1-2H3,(H,22,26)(H,23,28)/t20-/m0/s1. The van der Waals surface area contributed by atoms with E-state index in [9.17, 15) is 19.2 Å². The number of anilines is 1. The highest BCUT2D eigenvalue weighted by Gasteiger charge is 2.49. The van der Waals surface area contributed by atoms with Crippen molar-refractivity contribution in [2.75, 3.05) is 11.9 Å². The summed E-state index contributed by atoms with van der Waals surface area (Å²) in [4.78, 5) is 49.9. The first-order valence-electron chi connectivity index (χ1n) is 8.52. The number of nitrogens with one attached hydrogen (secondary N) is 2. The summed E-state index contributed by atoms with van der Waals surface area (Å²) >= 11 is 3.35. The van der Waals surface area contributed by atoms with Gasteiger partial charge in [-0.1, -0.05) is 40.2 Å². The van der Waals surface area contributed by atoms with Crippen molar-refractivity contribution in [3.8, 4) is 0 Å². The molecule has 0 spiro atoms. The number of rotatable bonds is 5. The number of hydrogen-bond donors (Lipinski definition) is 2. The Morgan fingerprint density at radius 3 is 2.54 bits per heavy atom. The number of benzene rings is 2. The molecule has 0 bridgehead atoms. The van der Waals surface area contributed by atoms with Gasteiger partial charge < -0.3 is 10.6 Å². The van der Waals surface area contributed by atoms with Crippen LogP contribution in [0.15, 0.2) is 53.0 Å². The largest absolute Gasteiger partial charge is 0.325 e. The second kappa shape index (κ2) is 7.55. The molecule has 1 aliphatic heterocycles. The van der Waals surface area contributed by atoms with Crippen LogP contribution < -0.4 is 10.6 Å². The lowest BCUT2D eigenvalue weighted by Gasteiger charge is -2.22. The Morgan fingerprint density at radius 1 is 1.14 bits per heavy atom. The summed E-state index contributed by atoms with van der Waals surface area (Å²) in [5, 5.41) is 5.27. The van der Waals surface area contributed by atoms with Crippen LogP contribution >= 0.6 is 15.9 Å². The number of Topliss-reactive ketones (excluding diaryl/α,β-unsaturated/α-hetero) is 1. The molecule has 0 saturated carbocycles. The van der Waals surface area contributed by atoms with Crippen LogP contribution in [0.1, 0.15) is 29.8 Å². The van der Waals surface area contributed by atoms with Gasteiger partial charge in [0.25, 0.3) is 5.91 Å². The first-order chi connectivity index (χ1) is 13.2. The van der Waals surface area contributed by atoms with E-state index >= 15 is 0 Å². The molecule has 144 valence electrons. The maximum atomic E-state index is 12.9. The average molecular weight is 444 g/mol. The predicted octanol–water partition coefficient (Wildman–Crippen LogP) is 3.06. The SMILES string of the molecule is CC(=O)c1cccc(NC(=O)CN2C(=O)N[C@@](C)(c3cccc(Br)c3)C2=O)c1. The van der Waals surface area contributed by atoms with Crippen LogP contribution in [0, 0.1) is 0 Å². The molecule has 4 amide bonds. The van der Waals surface area contributed by atoms with E-state index in [4.69, 9.17) is 0 Å². The maximum Gasteiger partial charge on any atom is 0.325 e. The van der Waals surface area contributed by atoms with E-state index < -0.39 is 29.9 Å². The molecule has 1 saturated heterocycles. The van der Waals surface area contributed by atoms with Crippen molar-refractivity contribution in [1.82, 2.24) is 10.2 Å². The Bertz CT molecular complexity index is 991. The Balaban J connectivity index is 1.75. The highest BCUT2D eigenvalue weighted by atomic mass is 79.9. The van der Waals surface area contributed by atoms with Crippen LogP contribution in [0.2, 0.25) is 0 Å². The summed E-state index contributed by atoms with van der Waals surface area (Å²) in [6, 6.07) is 12.9. The Hall–Kier alpha value is -3.00. The molecule has 1 heterocycles. The van der Waals surface area contributed by atoms with Crippen LogP contribution in [0.4, 0.5) is 10.5 Å². The van der Waals surface area contributed by atoms with E-state index in [1.807, 2.05) is 6.07 Å². The van der Waals surface area contributed by atoms with Gasteiger partial charge in [-0.05, 0) is 43.7 Å². The minimum atomic E-state index is -1.25. The van der Waals surface area contributed by atoms with Crippen LogP contribution in [0.25, 0.3) is 0 Å². The van der Waals surface area contributed by atoms with Gasteiger partial charge in [-0.3, -0.25) is 19.3 Å². The molecule has 0 aromatic heterocycles. The fourth-order valence-corrected chi connectivity index (χ4v) is 3.39. The summed E-state index contributed by atoms with van der Waals surface area (Å²) in [5.74, 6) is -1.18. The van der Waals surface area contributed by atoms with Crippen molar-refractivity contribution in [2.24, 2.45) is 0 Å². The van der Waals surface area contributed by atoms with E-state index in [-0.39, 0.29) is 5.78 Å². The van der Waals surface area contributed by atoms with Gasteiger partial charge in [0.15, 0.2) is 5.78 Å². The molecule has 7 nitrogen and oxygen atoms in total. The van der Waals surface area contributed by atoms with Gasteiger partial charge in [-0.25, -0.2) is 4.79 Å². The summed E-state index contributed by atoms with van der Waals surface area (Å²) in [7, 11) is 0. The quantitative estimate of drug-likeness (QED) is 0.548. The van der Waals surface area contributed by atoms with Gasteiger partial charge in [0, 0.05) is 15.7 Å². The molecular weight excluding hydrogens is 426 g/mol. The highest BCUT2D eigenvalue weighted by Crippen LogP contribution is 2.30. The van der Waals surface area contributed by atoms with Crippen molar-refractivity contribution in [1.29, 1.82) is 0 Å². The van der Waals surface area contributed by atoms with Gasteiger partial charge in [0.2, 0.25) is 5.91 Å². The molecule has 28 heavy (non-hydrogen) atoms. The molecule has 2 aromatic rings. The first kappa shape index (κ1) is 19.8. The fourth-order valence-electron chi connectivity index (χ4n) is 3.00. The zero-order valence-corrected chi connectivity index (χ0v) is 16.9. The van der Waals surface area contributed by atoms with Gasteiger partial charge in [0.1, 0.15) is 12.1 Å². The number of imide groups is 1. The third-order valence-corrected chi connectivity index (χ3v) is 5.02. The van der Waals surface area contributed by atoms with E-state index in [2.05, 4.69) is 26.6 Å². The molecule has 2 aromatic carbocycles. The van der Waals surface area contributed by atoms with E-state index in [1.165, 1.54) is 13.0 Å². The van der Waals surface area contributed by atoms with Gasteiger partial charge in [-0.2, -0.15) is 0 Å².